The third kappa shape index (κ3) is 10.5. The number of nitrogens with one attached hydrogen (secondary N) is 1. The number of unbranched alkanes of at least 4 members (excludes halogenated alkanes) is 12. The van der Waals surface area contributed by atoms with Crippen LogP contribution in [0.2, 0.25) is 0 Å². The van der Waals surface area contributed by atoms with Crippen LogP contribution < -0.4 is 5.32 Å². The molecule has 3 heteroatoms. The number of rotatable bonds is 15. The monoisotopic (exact) mass is 349 g/mol. The van der Waals surface area contributed by atoms with Crippen molar-refractivity contribution in [1.29, 1.82) is 0 Å². The predicted molar refractivity (Wildman–Crippen MR) is 105 cm³/mol. The molecule has 0 saturated carbocycles. The third-order valence-corrected chi connectivity index (χ3v) is 5.30. The van der Waals surface area contributed by atoms with Gasteiger partial charge in [0.05, 0.1) is 5.92 Å². The lowest BCUT2D eigenvalue weighted by atomic mass is 9.92. The van der Waals surface area contributed by atoms with E-state index in [1.165, 1.54) is 77.0 Å². The first kappa shape index (κ1) is 21.9. The standard InChI is InChI=1S/C22H39NO2/c1-3-4-5-6-7-8-9-10-11-12-13-14-15-16-17-19(2)20-18-21(24)23-22(20)25/h16-17,19-20H,3-15,18H2,1-2H3,(H,23,24,25)/b17-16+. The van der Waals surface area contributed by atoms with Crippen molar-refractivity contribution in [3.8, 4) is 0 Å². The Labute approximate surface area is 155 Å². The second-order valence-corrected chi connectivity index (χ2v) is 7.69. The van der Waals surface area contributed by atoms with Crippen LogP contribution in [0.25, 0.3) is 0 Å². The Balaban J connectivity index is 1.88. The molecule has 2 atom stereocenters. The van der Waals surface area contributed by atoms with E-state index in [9.17, 15) is 9.59 Å². The van der Waals surface area contributed by atoms with E-state index in [0.29, 0.717) is 6.42 Å². The summed E-state index contributed by atoms with van der Waals surface area (Å²) in [5.74, 6) is -0.238. The quantitative estimate of drug-likeness (QED) is 0.226. The Morgan fingerprint density at radius 3 is 1.92 bits per heavy atom. The highest BCUT2D eigenvalue weighted by Gasteiger charge is 2.33. The molecule has 1 aliphatic rings. The zero-order valence-electron chi connectivity index (χ0n) is 16.5. The molecule has 0 bridgehead atoms. The van der Waals surface area contributed by atoms with Gasteiger partial charge in [-0.1, -0.05) is 96.6 Å². The predicted octanol–water partition coefficient (Wildman–Crippen LogP) is 5.93. The largest absolute Gasteiger partial charge is 0.296 e. The topological polar surface area (TPSA) is 46.2 Å². The molecule has 1 fully saturated rings. The molecule has 1 aliphatic heterocycles. The van der Waals surface area contributed by atoms with Crippen LogP contribution >= 0.6 is 0 Å². The minimum absolute atomic E-state index is 0.104. The van der Waals surface area contributed by atoms with Gasteiger partial charge in [-0.15, -0.1) is 0 Å². The second kappa shape index (κ2) is 14.1. The van der Waals surface area contributed by atoms with Crippen molar-refractivity contribution in [2.45, 2.75) is 104 Å². The average molecular weight is 350 g/mol. The molecule has 0 aromatic rings. The first-order valence-corrected chi connectivity index (χ1v) is 10.7. The first-order valence-electron chi connectivity index (χ1n) is 10.7. The Bertz CT molecular complexity index is 403. The summed E-state index contributed by atoms with van der Waals surface area (Å²) >= 11 is 0. The Hall–Kier alpha value is -1.12. The molecule has 2 amide bonds. The van der Waals surface area contributed by atoms with E-state index >= 15 is 0 Å². The minimum atomic E-state index is -0.161. The molecule has 144 valence electrons. The highest BCUT2D eigenvalue weighted by Crippen LogP contribution is 2.22. The lowest BCUT2D eigenvalue weighted by molar-refractivity contribution is -0.126. The molecule has 2 unspecified atom stereocenters. The van der Waals surface area contributed by atoms with Gasteiger partial charge in [0.25, 0.3) is 0 Å². The van der Waals surface area contributed by atoms with Crippen LogP contribution in [-0.2, 0) is 9.59 Å². The van der Waals surface area contributed by atoms with Gasteiger partial charge in [-0.3, -0.25) is 14.9 Å². The van der Waals surface area contributed by atoms with Crippen LogP contribution in [0.4, 0.5) is 0 Å². The van der Waals surface area contributed by atoms with Crippen LogP contribution in [-0.4, -0.2) is 11.8 Å². The van der Waals surface area contributed by atoms with Crippen molar-refractivity contribution in [2.24, 2.45) is 11.8 Å². The Morgan fingerprint density at radius 2 is 1.44 bits per heavy atom. The summed E-state index contributed by atoms with van der Waals surface area (Å²) < 4.78 is 0. The normalized spacial score (nSPS) is 18.9. The molecule has 1 N–H and O–H groups in total. The van der Waals surface area contributed by atoms with Crippen LogP contribution in [0, 0.1) is 11.8 Å². The third-order valence-electron chi connectivity index (χ3n) is 5.30. The molecule has 25 heavy (non-hydrogen) atoms. The molecule has 1 heterocycles. The molecule has 0 aliphatic carbocycles. The van der Waals surface area contributed by atoms with Gasteiger partial charge in [0, 0.05) is 6.42 Å². The molecular formula is C22H39NO2. The summed E-state index contributed by atoms with van der Waals surface area (Å²) in [6.45, 7) is 4.30. The van der Waals surface area contributed by atoms with Crippen molar-refractivity contribution >= 4 is 11.8 Å². The van der Waals surface area contributed by atoms with Crippen LogP contribution in [0.3, 0.4) is 0 Å². The number of imide groups is 1. The molecule has 0 aromatic heterocycles. The maximum Gasteiger partial charge on any atom is 0.230 e. The molecule has 0 radical (unpaired) electrons. The van der Waals surface area contributed by atoms with Crippen molar-refractivity contribution in [3.05, 3.63) is 12.2 Å². The van der Waals surface area contributed by atoms with Crippen molar-refractivity contribution in [3.63, 3.8) is 0 Å². The maximum atomic E-state index is 11.6. The van der Waals surface area contributed by atoms with Crippen molar-refractivity contribution < 1.29 is 9.59 Å². The molecule has 1 rings (SSSR count). The van der Waals surface area contributed by atoms with E-state index in [1.807, 2.05) is 6.92 Å². The van der Waals surface area contributed by atoms with Gasteiger partial charge < -0.3 is 0 Å². The fraction of sp³-hybridized carbons (Fsp3) is 0.818. The Kier molecular flexibility index (Phi) is 12.4. The average Bonchev–Trinajstić information content (AvgIpc) is 2.93. The summed E-state index contributed by atoms with van der Waals surface area (Å²) in [5, 5.41) is 2.39. The molecule has 0 spiro atoms. The van der Waals surface area contributed by atoms with E-state index in [0.717, 1.165) is 6.42 Å². The van der Waals surface area contributed by atoms with E-state index in [-0.39, 0.29) is 23.7 Å². The van der Waals surface area contributed by atoms with Crippen LogP contribution in [0.1, 0.15) is 104 Å². The summed E-state index contributed by atoms with van der Waals surface area (Å²) in [7, 11) is 0. The highest BCUT2D eigenvalue weighted by molar-refractivity contribution is 6.03. The summed E-state index contributed by atoms with van der Waals surface area (Å²) in [4.78, 5) is 22.8. The lowest BCUT2D eigenvalue weighted by Gasteiger charge is -2.10. The summed E-state index contributed by atoms with van der Waals surface area (Å²) in [6, 6.07) is 0. The molecule has 0 aromatic carbocycles. The van der Waals surface area contributed by atoms with Crippen molar-refractivity contribution in [2.75, 3.05) is 0 Å². The second-order valence-electron chi connectivity index (χ2n) is 7.69. The van der Waals surface area contributed by atoms with Gasteiger partial charge in [0.15, 0.2) is 0 Å². The molecule has 3 nitrogen and oxygen atoms in total. The van der Waals surface area contributed by atoms with Gasteiger partial charge in [0.1, 0.15) is 0 Å². The van der Waals surface area contributed by atoms with Gasteiger partial charge in [-0.25, -0.2) is 0 Å². The van der Waals surface area contributed by atoms with E-state index < -0.39 is 0 Å². The SMILES string of the molecule is CCCCCCCCCCCCCC/C=C/C(C)C1CC(=O)NC1=O. The maximum absolute atomic E-state index is 11.6. The van der Waals surface area contributed by atoms with Gasteiger partial charge in [-0.2, -0.15) is 0 Å². The zero-order chi connectivity index (χ0) is 18.3. The van der Waals surface area contributed by atoms with Gasteiger partial charge in [-0.05, 0) is 18.8 Å². The van der Waals surface area contributed by atoms with E-state index in [2.05, 4.69) is 24.4 Å². The lowest BCUT2D eigenvalue weighted by Crippen LogP contribution is -2.24. The summed E-state index contributed by atoms with van der Waals surface area (Å²) in [6.07, 6.45) is 22.2. The number of carbonyl (C=O) groups is 2. The van der Waals surface area contributed by atoms with Crippen molar-refractivity contribution in [1.82, 2.24) is 5.32 Å². The van der Waals surface area contributed by atoms with E-state index in [4.69, 9.17) is 0 Å². The number of hydrogen-bond donors (Lipinski definition) is 1. The number of amides is 2. The fourth-order valence-corrected chi connectivity index (χ4v) is 3.55. The van der Waals surface area contributed by atoms with Crippen LogP contribution in [0.15, 0.2) is 12.2 Å². The first-order chi connectivity index (χ1) is 12.1. The molecular weight excluding hydrogens is 310 g/mol. The Morgan fingerprint density at radius 1 is 0.920 bits per heavy atom. The molecule has 1 saturated heterocycles. The van der Waals surface area contributed by atoms with Crippen LogP contribution in [0.5, 0.6) is 0 Å². The smallest absolute Gasteiger partial charge is 0.230 e. The number of carbonyl (C=O) groups excluding carboxylic acids is 2. The number of hydrogen-bond acceptors (Lipinski definition) is 2. The fourth-order valence-electron chi connectivity index (χ4n) is 3.55. The summed E-state index contributed by atoms with van der Waals surface area (Å²) in [5.41, 5.74) is 0. The highest BCUT2D eigenvalue weighted by atomic mass is 16.2. The van der Waals surface area contributed by atoms with Gasteiger partial charge in [0.2, 0.25) is 11.8 Å². The number of allylic oxidation sites excluding steroid dienone is 2. The minimum Gasteiger partial charge on any atom is -0.296 e. The van der Waals surface area contributed by atoms with E-state index in [1.54, 1.807) is 0 Å². The zero-order valence-corrected chi connectivity index (χ0v) is 16.5. The van der Waals surface area contributed by atoms with Gasteiger partial charge >= 0.3 is 0 Å².